The van der Waals surface area contributed by atoms with Gasteiger partial charge in [0.1, 0.15) is 16.4 Å². The van der Waals surface area contributed by atoms with Gasteiger partial charge in [0.25, 0.3) is 5.56 Å². The molecule has 1 aliphatic rings. The highest BCUT2D eigenvalue weighted by Gasteiger charge is 2.23. The van der Waals surface area contributed by atoms with E-state index in [-0.39, 0.29) is 22.8 Å². The second-order valence-electron chi connectivity index (χ2n) is 6.37. The van der Waals surface area contributed by atoms with Crippen molar-refractivity contribution in [3.63, 3.8) is 0 Å². The van der Waals surface area contributed by atoms with Crippen LogP contribution >= 0.6 is 23.1 Å². The van der Waals surface area contributed by atoms with E-state index in [1.165, 1.54) is 34.2 Å². The number of benzene rings is 1. The second-order valence-corrected chi connectivity index (χ2v) is 8.39. The molecule has 0 amide bonds. The number of thiophene rings is 1. The Balaban J connectivity index is 2.01. The van der Waals surface area contributed by atoms with Crippen LogP contribution in [0.15, 0.2) is 34.2 Å². The number of aryl methyl sites for hydroxylation is 2. The molecule has 0 bridgehead atoms. The van der Waals surface area contributed by atoms with Crippen molar-refractivity contribution in [3.8, 4) is 5.69 Å². The van der Waals surface area contributed by atoms with Crippen molar-refractivity contribution >= 4 is 39.1 Å². The molecule has 0 atom stereocenters. The molecule has 7 heteroatoms. The molecule has 0 fully saturated rings. The van der Waals surface area contributed by atoms with Gasteiger partial charge in [0.05, 0.1) is 16.8 Å². The summed E-state index contributed by atoms with van der Waals surface area (Å²) in [5.41, 5.74) is 1.00. The van der Waals surface area contributed by atoms with Crippen LogP contribution in [0.4, 0.5) is 4.39 Å². The normalized spacial score (nSPS) is 13.8. The fourth-order valence-electron chi connectivity index (χ4n) is 3.29. The first-order valence-electron chi connectivity index (χ1n) is 8.50. The van der Waals surface area contributed by atoms with Gasteiger partial charge in [-0.15, -0.1) is 11.3 Å². The van der Waals surface area contributed by atoms with Crippen LogP contribution in [-0.2, 0) is 17.6 Å². The number of carbonyl (C=O) groups excluding carboxylic acids is 1. The third-order valence-corrected chi connectivity index (χ3v) is 6.72. The minimum absolute atomic E-state index is 0.0186. The predicted octanol–water partition coefficient (Wildman–Crippen LogP) is 4.15. The first-order chi connectivity index (χ1) is 12.6. The lowest BCUT2D eigenvalue weighted by Crippen LogP contribution is -2.23. The summed E-state index contributed by atoms with van der Waals surface area (Å²) in [4.78, 5) is 31.3. The number of Topliss-reactive ketones (excluding diaryl/α,β-unsaturated/α-hetero) is 1. The summed E-state index contributed by atoms with van der Waals surface area (Å²) in [5.74, 6) is -0.309. The second kappa shape index (κ2) is 6.96. The highest BCUT2D eigenvalue weighted by atomic mass is 32.2. The molecular formula is C19H17FN2O2S2. The maximum Gasteiger partial charge on any atom is 0.267 e. The zero-order valence-corrected chi connectivity index (χ0v) is 15.9. The molecule has 0 aliphatic heterocycles. The number of halogens is 1. The Kier molecular flexibility index (Phi) is 4.67. The van der Waals surface area contributed by atoms with Crippen molar-refractivity contribution in [3.05, 3.63) is 50.9 Å². The van der Waals surface area contributed by atoms with Crippen LogP contribution in [-0.4, -0.2) is 21.1 Å². The number of nitrogens with zero attached hydrogens (tertiary/aromatic N) is 2. The number of thioether (sulfide) groups is 1. The third kappa shape index (κ3) is 2.99. The van der Waals surface area contributed by atoms with Crippen LogP contribution in [0.3, 0.4) is 0 Å². The SMILES string of the molecule is CC(=O)CSc1nc2sc3c(c2c(=O)n1-c1ccccc1F)CCCC3. The summed E-state index contributed by atoms with van der Waals surface area (Å²) in [6.07, 6.45) is 4.00. The monoisotopic (exact) mass is 388 g/mol. The maximum atomic E-state index is 14.4. The number of rotatable bonds is 4. The minimum atomic E-state index is -0.482. The van der Waals surface area contributed by atoms with Gasteiger partial charge in [-0.1, -0.05) is 23.9 Å². The predicted molar refractivity (Wildman–Crippen MR) is 103 cm³/mol. The van der Waals surface area contributed by atoms with E-state index >= 15 is 0 Å². The van der Waals surface area contributed by atoms with E-state index in [1.807, 2.05) is 0 Å². The fourth-order valence-corrected chi connectivity index (χ4v) is 5.40. The third-order valence-electron chi connectivity index (χ3n) is 4.46. The molecule has 2 aromatic heterocycles. The summed E-state index contributed by atoms with van der Waals surface area (Å²) in [7, 11) is 0. The molecule has 0 spiro atoms. The van der Waals surface area contributed by atoms with Gasteiger partial charge in [0.2, 0.25) is 0 Å². The number of fused-ring (bicyclic) bond motifs is 3. The van der Waals surface area contributed by atoms with Crippen LogP contribution < -0.4 is 5.56 Å². The Bertz CT molecular complexity index is 1070. The highest BCUT2D eigenvalue weighted by molar-refractivity contribution is 7.99. The standard InChI is InChI=1S/C19H17FN2O2S2/c1-11(23)10-25-19-21-17-16(12-6-2-5-9-15(12)26-17)18(24)22(19)14-8-4-3-7-13(14)20/h3-4,7-8H,2,5-6,9-10H2,1H3. The van der Waals surface area contributed by atoms with Gasteiger partial charge >= 0.3 is 0 Å². The van der Waals surface area contributed by atoms with Gasteiger partial charge in [0.15, 0.2) is 5.16 Å². The van der Waals surface area contributed by atoms with E-state index in [0.29, 0.717) is 15.4 Å². The van der Waals surface area contributed by atoms with E-state index in [2.05, 4.69) is 4.98 Å². The first kappa shape index (κ1) is 17.4. The Morgan fingerprint density at radius 3 is 2.85 bits per heavy atom. The Morgan fingerprint density at radius 2 is 2.08 bits per heavy atom. The molecule has 0 saturated heterocycles. The Labute approximate surface area is 158 Å². The number of hydrogen-bond donors (Lipinski definition) is 0. The highest BCUT2D eigenvalue weighted by Crippen LogP contribution is 2.35. The molecule has 1 aromatic carbocycles. The van der Waals surface area contributed by atoms with Crippen LogP contribution in [0.5, 0.6) is 0 Å². The molecule has 0 saturated carbocycles. The quantitative estimate of drug-likeness (QED) is 0.498. The molecule has 134 valence electrons. The van der Waals surface area contributed by atoms with Gasteiger partial charge in [-0.05, 0) is 50.3 Å². The van der Waals surface area contributed by atoms with E-state index in [9.17, 15) is 14.0 Å². The van der Waals surface area contributed by atoms with Crippen molar-refractivity contribution in [2.75, 3.05) is 5.75 Å². The Morgan fingerprint density at radius 1 is 1.31 bits per heavy atom. The van der Waals surface area contributed by atoms with E-state index in [4.69, 9.17) is 0 Å². The van der Waals surface area contributed by atoms with E-state index in [0.717, 1.165) is 31.2 Å². The van der Waals surface area contributed by atoms with Crippen LogP contribution in [0.25, 0.3) is 15.9 Å². The molecule has 3 aromatic rings. The van der Waals surface area contributed by atoms with Crippen LogP contribution in [0.1, 0.15) is 30.2 Å². The minimum Gasteiger partial charge on any atom is -0.299 e. The van der Waals surface area contributed by atoms with Gasteiger partial charge in [-0.2, -0.15) is 0 Å². The molecule has 1 aliphatic carbocycles. The number of hydrogen-bond acceptors (Lipinski definition) is 5. The molecule has 0 radical (unpaired) electrons. The fraction of sp³-hybridized carbons (Fsp3) is 0.316. The molecule has 4 nitrogen and oxygen atoms in total. The largest absolute Gasteiger partial charge is 0.299 e. The van der Waals surface area contributed by atoms with Gasteiger partial charge in [-0.25, -0.2) is 9.37 Å². The van der Waals surface area contributed by atoms with Crippen molar-refractivity contribution in [1.82, 2.24) is 9.55 Å². The number of ketones is 1. The number of aromatic nitrogens is 2. The summed E-state index contributed by atoms with van der Waals surface area (Å²) in [6, 6.07) is 6.18. The lowest BCUT2D eigenvalue weighted by atomic mass is 9.97. The summed E-state index contributed by atoms with van der Waals surface area (Å²) in [6.45, 7) is 1.49. The number of carbonyl (C=O) groups is 1. The summed E-state index contributed by atoms with van der Waals surface area (Å²) in [5, 5.41) is 0.974. The lowest BCUT2D eigenvalue weighted by molar-refractivity contribution is -0.114. The average Bonchev–Trinajstić information content (AvgIpc) is 2.99. The lowest BCUT2D eigenvalue weighted by Gasteiger charge is -2.13. The van der Waals surface area contributed by atoms with E-state index < -0.39 is 5.82 Å². The van der Waals surface area contributed by atoms with Crippen LogP contribution in [0.2, 0.25) is 0 Å². The zero-order valence-electron chi connectivity index (χ0n) is 14.3. The molecule has 0 unspecified atom stereocenters. The van der Waals surface area contributed by atoms with Crippen molar-refractivity contribution in [2.45, 2.75) is 37.8 Å². The molecule has 4 rings (SSSR count). The zero-order chi connectivity index (χ0) is 18.3. The molecule has 0 N–H and O–H groups in total. The summed E-state index contributed by atoms with van der Waals surface area (Å²) < 4.78 is 15.8. The summed E-state index contributed by atoms with van der Waals surface area (Å²) >= 11 is 2.73. The smallest absolute Gasteiger partial charge is 0.267 e. The Hall–Kier alpha value is -1.99. The first-order valence-corrected chi connectivity index (χ1v) is 10.3. The van der Waals surface area contributed by atoms with Gasteiger partial charge in [-0.3, -0.25) is 14.2 Å². The van der Waals surface area contributed by atoms with Gasteiger partial charge < -0.3 is 0 Å². The average molecular weight is 388 g/mol. The van der Waals surface area contributed by atoms with Crippen molar-refractivity contribution in [1.29, 1.82) is 0 Å². The number of para-hydroxylation sites is 1. The van der Waals surface area contributed by atoms with Gasteiger partial charge in [0, 0.05) is 4.88 Å². The maximum absolute atomic E-state index is 14.4. The van der Waals surface area contributed by atoms with Crippen LogP contribution in [0, 0.1) is 5.82 Å². The molecule has 26 heavy (non-hydrogen) atoms. The van der Waals surface area contributed by atoms with Crippen molar-refractivity contribution in [2.24, 2.45) is 0 Å². The topological polar surface area (TPSA) is 52.0 Å². The molecule has 2 heterocycles. The van der Waals surface area contributed by atoms with Crippen molar-refractivity contribution < 1.29 is 9.18 Å². The van der Waals surface area contributed by atoms with E-state index in [1.54, 1.807) is 29.5 Å². The molecular weight excluding hydrogens is 371 g/mol.